The zero-order valence-electron chi connectivity index (χ0n) is 14.3. The van der Waals surface area contributed by atoms with E-state index in [0.717, 1.165) is 0 Å². The Labute approximate surface area is 129 Å². The number of ether oxygens (including phenoxy) is 2. The first-order chi connectivity index (χ1) is 9.67. The van der Waals surface area contributed by atoms with E-state index in [-0.39, 0.29) is 29.5 Å². The highest BCUT2D eigenvalue weighted by molar-refractivity contribution is 6.74. The molecule has 1 fully saturated rings. The molecule has 0 saturated carbocycles. The summed E-state index contributed by atoms with van der Waals surface area (Å²) in [6.45, 7) is 11.6. The molecule has 21 heavy (non-hydrogen) atoms. The van der Waals surface area contributed by atoms with Crippen molar-refractivity contribution in [3.05, 3.63) is 0 Å². The SMILES string of the molecule is CN[C@H]1C(O[Si](C)(C)C(C)(C)C)[C@H](N=CN)O[C@@H]1COC. The van der Waals surface area contributed by atoms with E-state index in [1.54, 1.807) is 7.11 Å². The van der Waals surface area contributed by atoms with Crippen molar-refractivity contribution in [2.45, 2.75) is 63.4 Å². The van der Waals surface area contributed by atoms with Gasteiger partial charge in [-0.2, -0.15) is 0 Å². The van der Waals surface area contributed by atoms with Gasteiger partial charge in [-0.05, 0) is 25.2 Å². The van der Waals surface area contributed by atoms with Crippen LogP contribution < -0.4 is 11.1 Å². The van der Waals surface area contributed by atoms with E-state index in [1.165, 1.54) is 6.34 Å². The zero-order valence-corrected chi connectivity index (χ0v) is 15.3. The molecule has 0 aromatic carbocycles. The molecule has 1 unspecified atom stereocenters. The van der Waals surface area contributed by atoms with E-state index in [4.69, 9.17) is 19.6 Å². The van der Waals surface area contributed by atoms with Crippen LogP contribution in [0.5, 0.6) is 0 Å². The first-order valence-corrected chi connectivity index (χ1v) is 10.3. The summed E-state index contributed by atoms with van der Waals surface area (Å²) >= 11 is 0. The molecule has 0 aromatic rings. The molecule has 0 amide bonds. The fourth-order valence-corrected chi connectivity index (χ4v) is 3.54. The summed E-state index contributed by atoms with van der Waals surface area (Å²) < 4.78 is 17.7. The number of aliphatic imine (C=N–C) groups is 1. The van der Waals surface area contributed by atoms with Crippen molar-refractivity contribution in [3.8, 4) is 0 Å². The molecule has 1 saturated heterocycles. The molecule has 124 valence electrons. The highest BCUT2D eigenvalue weighted by atomic mass is 28.4. The molecule has 4 atom stereocenters. The predicted octanol–water partition coefficient (Wildman–Crippen LogP) is 1.32. The zero-order chi connectivity index (χ0) is 16.3. The summed E-state index contributed by atoms with van der Waals surface area (Å²) in [5.41, 5.74) is 5.46. The molecular formula is C14H31N3O3Si. The Morgan fingerprint density at radius 1 is 1.38 bits per heavy atom. The molecule has 1 heterocycles. The van der Waals surface area contributed by atoms with Gasteiger partial charge in [-0.15, -0.1) is 0 Å². The Hall–Kier alpha value is -0.473. The number of nitrogens with zero attached hydrogens (tertiary/aromatic N) is 1. The Morgan fingerprint density at radius 2 is 2.00 bits per heavy atom. The average Bonchev–Trinajstić information content (AvgIpc) is 2.66. The van der Waals surface area contributed by atoms with Crippen molar-refractivity contribution in [2.75, 3.05) is 20.8 Å². The average molecular weight is 318 g/mol. The van der Waals surface area contributed by atoms with Gasteiger partial charge in [0.2, 0.25) is 0 Å². The molecule has 7 heteroatoms. The molecule has 0 aromatic heterocycles. The summed E-state index contributed by atoms with van der Waals surface area (Å²) in [4.78, 5) is 4.23. The van der Waals surface area contributed by atoms with Gasteiger partial charge in [0, 0.05) is 7.11 Å². The minimum Gasteiger partial charge on any atom is -0.408 e. The number of nitrogens with one attached hydrogen (secondary N) is 1. The summed E-state index contributed by atoms with van der Waals surface area (Å²) in [6.07, 6.45) is 0.648. The molecule has 3 N–H and O–H groups in total. The second-order valence-corrected chi connectivity index (χ2v) is 11.7. The van der Waals surface area contributed by atoms with E-state index < -0.39 is 8.32 Å². The van der Waals surface area contributed by atoms with Gasteiger partial charge in [0.15, 0.2) is 14.5 Å². The highest BCUT2D eigenvalue weighted by Crippen LogP contribution is 2.39. The van der Waals surface area contributed by atoms with Gasteiger partial charge < -0.3 is 25.0 Å². The summed E-state index contributed by atoms with van der Waals surface area (Å²) in [5, 5.41) is 3.42. The quantitative estimate of drug-likeness (QED) is 0.439. The van der Waals surface area contributed by atoms with Crippen LogP contribution in [0.4, 0.5) is 0 Å². The summed E-state index contributed by atoms with van der Waals surface area (Å²) in [6, 6.07) is 0.0350. The van der Waals surface area contributed by atoms with Crippen molar-refractivity contribution in [3.63, 3.8) is 0 Å². The second kappa shape index (κ2) is 7.19. The van der Waals surface area contributed by atoms with Crippen LogP contribution in [-0.4, -0.2) is 59.9 Å². The van der Waals surface area contributed by atoms with Crippen LogP contribution in [0.25, 0.3) is 0 Å². The van der Waals surface area contributed by atoms with E-state index in [9.17, 15) is 0 Å². The highest BCUT2D eigenvalue weighted by Gasteiger charge is 2.49. The Balaban J connectivity index is 2.97. The first kappa shape index (κ1) is 18.6. The number of rotatable bonds is 6. The van der Waals surface area contributed by atoms with Crippen molar-refractivity contribution in [2.24, 2.45) is 10.7 Å². The first-order valence-electron chi connectivity index (χ1n) is 7.40. The van der Waals surface area contributed by atoms with Crippen molar-refractivity contribution in [1.29, 1.82) is 0 Å². The van der Waals surface area contributed by atoms with Crippen molar-refractivity contribution in [1.82, 2.24) is 5.32 Å². The normalized spacial score (nSPS) is 31.2. The van der Waals surface area contributed by atoms with Gasteiger partial charge in [0.05, 0.1) is 19.0 Å². The largest absolute Gasteiger partial charge is 0.408 e. The van der Waals surface area contributed by atoms with Gasteiger partial charge in [0.1, 0.15) is 12.2 Å². The van der Waals surface area contributed by atoms with Gasteiger partial charge in [-0.25, -0.2) is 4.99 Å². The maximum atomic E-state index is 6.54. The standard InChI is InChI=1S/C14H31N3O3Si/c1-14(2,3)21(6,7)20-12-11(16-4)10(8-18-5)19-13(12)17-9-15/h9-13,16H,8H2,1-7H3,(H2,15,17)/t10-,11-,12?,13-/m1/s1. The third-order valence-electron chi connectivity index (χ3n) is 4.48. The molecule has 6 nitrogen and oxygen atoms in total. The Kier molecular flexibility index (Phi) is 6.36. The van der Waals surface area contributed by atoms with E-state index in [1.807, 2.05) is 7.05 Å². The van der Waals surface area contributed by atoms with Crippen molar-refractivity contribution < 1.29 is 13.9 Å². The maximum Gasteiger partial charge on any atom is 0.192 e. The topological polar surface area (TPSA) is 78.1 Å². The lowest BCUT2D eigenvalue weighted by molar-refractivity contribution is -0.0136. The van der Waals surface area contributed by atoms with E-state index in [2.05, 4.69) is 44.2 Å². The number of likely N-dealkylation sites (N-methyl/N-ethyl adjacent to an activating group) is 1. The Morgan fingerprint density at radius 3 is 2.43 bits per heavy atom. The monoisotopic (exact) mass is 317 g/mol. The van der Waals surface area contributed by atoms with Crippen LogP contribution in [0.15, 0.2) is 4.99 Å². The smallest absolute Gasteiger partial charge is 0.192 e. The number of methoxy groups -OCH3 is 1. The van der Waals surface area contributed by atoms with E-state index >= 15 is 0 Å². The number of nitrogens with two attached hydrogens (primary N) is 1. The molecule has 0 radical (unpaired) electrons. The molecular weight excluding hydrogens is 286 g/mol. The Bertz CT molecular complexity index is 358. The van der Waals surface area contributed by atoms with Crippen LogP contribution >= 0.6 is 0 Å². The second-order valence-electron chi connectivity index (χ2n) is 6.98. The van der Waals surface area contributed by atoms with Gasteiger partial charge in [0.25, 0.3) is 0 Å². The lowest BCUT2D eigenvalue weighted by Gasteiger charge is -2.40. The molecule has 1 aliphatic heterocycles. The molecule has 0 bridgehead atoms. The molecule has 1 rings (SSSR count). The summed E-state index contributed by atoms with van der Waals surface area (Å²) in [5.74, 6) is 0. The van der Waals surface area contributed by atoms with Crippen LogP contribution in [0.3, 0.4) is 0 Å². The molecule has 1 aliphatic rings. The van der Waals surface area contributed by atoms with Crippen LogP contribution in [0.1, 0.15) is 20.8 Å². The van der Waals surface area contributed by atoms with Gasteiger partial charge in [-0.3, -0.25) is 0 Å². The minimum atomic E-state index is -1.93. The molecule has 0 spiro atoms. The van der Waals surface area contributed by atoms with Gasteiger partial charge in [-0.1, -0.05) is 20.8 Å². The third-order valence-corrected chi connectivity index (χ3v) is 8.96. The summed E-state index contributed by atoms with van der Waals surface area (Å²) in [7, 11) is 1.65. The van der Waals surface area contributed by atoms with E-state index in [0.29, 0.717) is 6.61 Å². The fraction of sp³-hybridized carbons (Fsp3) is 0.929. The lowest BCUT2D eigenvalue weighted by atomic mass is 10.1. The number of hydrogen-bond donors (Lipinski definition) is 2. The third kappa shape index (κ3) is 4.26. The van der Waals surface area contributed by atoms with Crippen molar-refractivity contribution >= 4 is 14.7 Å². The minimum absolute atomic E-state index is 0.0350. The van der Waals surface area contributed by atoms with Gasteiger partial charge >= 0.3 is 0 Å². The molecule has 0 aliphatic carbocycles. The predicted molar refractivity (Wildman–Crippen MR) is 88.1 cm³/mol. The van der Waals surface area contributed by atoms with Crippen LogP contribution in [0.2, 0.25) is 18.1 Å². The van der Waals surface area contributed by atoms with Crippen LogP contribution in [0, 0.1) is 0 Å². The lowest BCUT2D eigenvalue weighted by Crippen LogP contribution is -2.52. The fourth-order valence-electron chi connectivity index (χ4n) is 2.24. The maximum absolute atomic E-state index is 6.54. The van der Waals surface area contributed by atoms with Crippen LogP contribution in [-0.2, 0) is 13.9 Å². The number of hydrogen-bond acceptors (Lipinski definition) is 5.